The van der Waals surface area contributed by atoms with Crippen LogP contribution in [-0.4, -0.2) is 0 Å². The van der Waals surface area contributed by atoms with Gasteiger partial charge >= 0.3 is 0 Å². The molecule has 0 rings (SSSR count). The van der Waals surface area contributed by atoms with E-state index < -0.39 is 0 Å². The molecule has 0 fully saturated rings. The number of rotatable bonds is 4. The zero-order valence-electron chi connectivity index (χ0n) is 8.98. The molecule has 0 aromatic carbocycles. The molecule has 0 radical (unpaired) electrons. The van der Waals surface area contributed by atoms with E-state index >= 15 is 0 Å². The lowest BCUT2D eigenvalue weighted by Gasteiger charge is -2.08. The fourth-order valence-corrected chi connectivity index (χ4v) is 1.25. The summed E-state index contributed by atoms with van der Waals surface area (Å²) >= 11 is 0. The maximum absolute atomic E-state index is 3.23. The van der Waals surface area contributed by atoms with Gasteiger partial charge in [0.25, 0.3) is 0 Å². The summed E-state index contributed by atoms with van der Waals surface area (Å²) in [6.07, 6.45) is 4.98. The maximum atomic E-state index is 3.23. The summed E-state index contributed by atoms with van der Waals surface area (Å²) in [5.41, 5.74) is 0. The van der Waals surface area contributed by atoms with E-state index in [1.165, 1.54) is 19.3 Å². The van der Waals surface area contributed by atoms with Crippen LogP contribution in [0.1, 0.15) is 53.4 Å². The van der Waals surface area contributed by atoms with Crippen LogP contribution >= 0.6 is 0 Å². The normalized spacial score (nSPS) is 10.2. The van der Waals surface area contributed by atoms with E-state index in [1.807, 2.05) is 0 Å². The van der Waals surface area contributed by atoms with E-state index in [1.54, 1.807) is 0 Å². The van der Waals surface area contributed by atoms with Crippen molar-refractivity contribution in [1.82, 2.24) is 0 Å². The molecule has 0 aliphatic heterocycles. The second kappa shape index (κ2) is 7.22. The molecule has 0 atom stereocenters. The van der Waals surface area contributed by atoms with Crippen LogP contribution in [0.25, 0.3) is 0 Å². The largest absolute Gasteiger partial charge is 0.103 e. The zero-order chi connectivity index (χ0) is 9.40. The minimum atomic E-state index is 0.534. The Labute approximate surface area is 77.8 Å². The van der Waals surface area contributed by atoms with Crippen molar-refractivity contribution in [2.45, 2.75) is 53.4 Å². The van der Waals surface area contributed by atoms with Crippen molar-refractivity contribution >= 4 is 0 Å². The number of hydrogen-bond acceptors (Lipinski definition) is 0. The van der Waals surface area contributed by atoms with Crippen molar-refractivity contribution in [3.63, 3.8) is 0 Å². The molecule has 0 spiro atoms. The summed E-state index contributed by atoms with van der Waals surface area (Å²) in [6, 6.07) is 0. The van der Waals surface area contributed by atoms with Gasteiger partial charge in [-0.05, 0) is 12.3 Å². The fraction of sp³-hybridized carbons (Fsp3) is 0.833. The SMILES string of the molecule is CCC(CC)CCC#CC(C)C. The molecule has 0 N–H and O–H groups in total. The summed E-state index contributed by atoms with van der Waals surface area (Å²) in [5, 5.41) is 0. The summed E-state index contributed by atoms with van der Waals surface area (Å²) in [5.74, 6) is 7.86. The van der Waals surface area contributed by atoms with Gasteiger partial charge in [-0.25, -0.2) is 0 Å². The molecule has 70 valence electrons. The standard InChI is InChI=1S/C12H22/c1-5-12(6-2)10-8-7-9-11(3)4/h11-12H,5-6,8,10H2,1-4H3. The van der Waals surface area contributed by atoms with Crippen LogP contribution in [0.2, 0.25) is 0 Å². The van der Waals surface area contributed by atoms with Crippen LogP contribution < -0.4 is 0 Å². The first-order chi connectivity index (χ1) is 5.70. The third-order valence-electron chi connectivity index (χ3n) is 2.22. The number of hydrogen-bond donors (Lipinski definition) is 0. The minimum absolute atomic E-state index is 0.534. The first kappa shape index (κ1) is 11.6. The maximum Gasteiger partial charge on any atom is 0.0146 e. The van der Waals surface area contributed by atoms with E-state index in [4.69, 9.17) is 0 Å². The third-order valence-corrected chi connectivity index (χ3v) is 2.22. The Bertz CT molecular complexity index is 141. The quantitative estimate of drug-likeness (QED) is 0.556. The van der Waals surface area contributed by atoms with Crippen LogP contribution in [0.3, 0.4) is 0 Å². The Morgan fingerprint density at radius 1 is 1.08 bits per heavy atom. The zero-order valence-corrected chi connectivity index (χ0v) is 8.98. The van der Waals surface area contributed by atoms with Gasteiger partial charge in [-0.3, -0.25) is 0 Å². The fourth-order valence-electron chi connectivity index (χ4n) is 1.25. The van der Waals surface area contributed by atoms with Crippen molar-refractivity contribution in [2.24, 2.45) is 11.8 Å². The molecule has 0 heterocycles. The molecule has 0 saturated heterocycles. The van der Waals surface area contributed by atoms with Crippen molar-refractivity contribution in [1.29, 1.82) is 0 Å². The van der Waals surface area contributed by atoms with Gasteiger partial charge in [-0.1, -0.05) is 40.5 Å². The van der Waals surface area contributed by atoms with Gasteiger partial charge in [-0.15, -0.1) is 11.8 Å². The highest BCUT2D eigenvalue weighted by atomic mass is 14.1. The average molecular weight is 166 g/mol. The summed E-state index contributed by atoms with van der Waals surface area (Å²) in [7, 11) is 0. The highest BCUT2D eigenvalue weighted by Crippen LogP contribution is 2.13. The van der Waals surface area contributed by atoms with Crippen molar-refractivity contribution < 1.29 is 0 Å². The Kier molecular flexibility index (Phi) is 6.96. The molecule has 12 heavy (non-hydrogen) atoms. The van der Waals surface area contributed by atoms with Gasteiger partial charge in [0.05, 0.1) is 0 Å². The van der Waals surface area contributed by atoms with Gasteiger partial charge in [0.15, 0.2) is 0 Å². The van der Waals surface area contributed by atoms with E-state index in [0.717, 1.165) is 12.3 Å². The Hall–Kier alpha value is -0.440. The van der Waals surface area contributed by atoms with Crippen LogP contribution in [-0.2, 0) is 0 Å². The predicted molar refractivity (Wildman–Crippen MR) is 55.9 cm³/mol. The third kappa shape index (κ3) is 6.28. The Morgan fingerprint density at radius 2 is 1.67 bits per heavy atom. The van der Waals surface area contributed by atoms with Crippen molar-refractivity contribution in [2.75, 3.05) is 0 Å². The molecule has 0 heteroatoms. The molecule has 0 bridgehead atoms. The molecule has 0 nitrogen and oxygen atoms in total. The Balaban J connectivity index is 3.49. The average Bonchev–Trinajstić information content (AvgIpc) is 2.04. The molecular formula is C12H22. The molecule has 0 aliphatic carbocycles. The van der Waals surface area contributed by atoms with Gasteiger partial charge in [0.2, 0.25) is 0 Å². The van der Waals surface area contributed by atoms with Gasteiger partial charge in [0.1, 0.15) is 0 Å². The predicted octanol–water partition coefficient (Wildman–Crippen LogP) is 3.86. The molecule has 0 aromatic rings. The molecule has 0 amide bonds. The topological polar surface area (TPSA) is 0 Å². The van der Waals surface area contributed by atoms with E-state index in [0.29, 0.717) is 5.92 Å². The Morgan fingerprint density at radius 3 is 2.08 bits per heavy atom. The second-order valence-electron chi connectivity index (χ2n) is 3.70. The summed E-state index contributed by atoms with van der Waals surface area (Å²) in [6.45, 7) is 8.82. The van der Waals surface area contributed by atoms with E-state index in [9.17, 15) is 0 Å². The lowest BCUT2D eigenvalue weighted by Crippen LogP contribution is -1.95. The second-order valence-corrected chi connectivity index (χ2v) is 3.70. The minimum Gasteiger partial charge on any atom is -0.103 e. The van der Waals surface area contributed by atoms with Crippen molar-refractivity contribution in [3.8, 4) is 11.8 Å². The molecule has 0 aromatic heterocycles. The summed E-state index contributed by atoms with van der Waals surface area (Å²) in [4.78, 5) is 0. The van der Waals surface area contributed by atoms with Crippen molar-refractivity contribution in [3.05, 3.63) is 0 Å². The van der Waals surface area contributed by atoms with Gasteiger partial charge < -0.3 is 0 Å². The van der Waals surface area contributed by atoms with E-state index in [-0.39, 0.29) is 0 Å². The highest BCUT2D eigenvalue weighted by molar-refractivity contribution is 5.01. The lowest BCUT2D eigenvalue weighted by atomic mass is 9.98. The molecule has 0 saturated carbocycles. The van der Waals surface area contributed by atoms with Crippen LogP contribution in [0.4, 0.5) is 0 Å². The highest BCUT2D eigenvalue weighted by Gasteiger charge is 2.00. The van der Waals surface area contributed by atoms with Gasteiger partial charge in [-0.2, -0.15) is 0 Å². The first-order valence-corrected chi connectivity index (χ1v) is 5.19. The molecule has 0 unspecified atom stereocenters. The lowest BCUT2D eigenvalue weighted by molar-refractivity contribution is 0.463. The molecule has 0 aliphatic rings. The van der Waals surface area contributed by atoms with Gasteiger partial charge in [0, 0.05) is 12.3 Å². The van der Waals surface area contributed by atoms with Crippen LogP contribution in [0.5, 0.6) is 0 Å². The monoisotopic (exact) mass is 166 g/mol. The summed E-state index contributed by atoms with van der Waals surface area (Å²) < 4.78 is 0. The van der Waals surface area contributed by atoms with E-state index in [2.05, 4.69) is 39.5 Å². The van der Waals surface area contributed by atoms with Crippen LogP contribution in [0, 0.1) is 23.7 Å². The first-order valence-electron chi connectivity index (χ1n) is 5.19. The smallest absolute Gasteiger partial charge is 0.0146 e. The molecular weight excluding hydrogens is 144 g/mol. The van der Waals surface area contributed by atoms with Crippen LogP contribution in [0.15, 0.2) is 0 Å².